The van der Waals surface area contributed by atoms with Crippen LogP contribution in [0.4, 0.5) is 0 Å². The molecule has 0 unspecified atom stereocenters. The van der Waals surface area contributed by atoms with E-state index in [2.05, 4.69) is 35.4 Å². The maximum atomic E-state index is 6.16. The molecule has 0 saturated heterocycles. The minimum absolute atomic E-state index is 0.327. The maximum absolute atomic E-state index is 6.16. The van der Waals surface area contributed by atoms with Gasteiger partial charge in [0.2, 0.25) is 0 Å². The number of fused-ring (bicyclic) bond motifs is 1. The second kappa shape index (κ2) is 6.43. The summed E-state index contributed by atoms with van der Waals surface area (Å²) in [6.45, 7) is 3.27. The lowest BCUT2D eigenvalue weighted by molar-refractivity contribution is 0.237. The van der Waals surface area contributed by atoms with Gasteiger partial charge in [0.25, 0.3) is 0 Å². The van der Waals surface area contributed by atoms with Crippen LogP contribution in [0.15, 0.2) is 24.3 Å². The molecule has 1 aliphatic heterocycles. The first kappa shape index (κ1) is 12.9. The lowest BCUT2D eigenvalue weighted by atomic mass is 9.99. The molecule has 1 atom stereocenters. The molecule has 0 amide bonds. The predicted molar refractivity (Wildman–Crippen MR) is 76.4 cm³/mol. The summed E-state index contributed by atoms with van der Waals surface area (Å²) in [5.41, 5.74) is 9.15. The number of rotatable bonds is 5. The van der Waals surface area contributed by atoms with E-state index in [1.54, 1.807) is 0 Å². The monoisotopic (exact) mass is 250 g/mol. The summed E-state index contributed by atoms with van der Waals surface area (Å²) >= 11 is 1.88. The van der Waals surface area contributed by atoms with Crippen molar-refractivity contribution in [1.82, 2.24) is 4.90 Å². The number of hydrogen-bond acceptors (Lipinski definition) is 3. The Kier molecular flexibility index (Phi) is 4.89. The summed E-state index contributed by atoms with van der Waals surface area (Å²) in [4.78, 5) is 2.49. The van der Waals surface area contributed by atoms with Gasteiger partial charge in [-0.15, -0.1) is 0 Å². The minimum atomic E-state index is 0.327. The molecule has 2 rings (SSSR count). The summed E-state index contributed by atoms with van der Waals surface area (Å²) in [5, 5.41) is 0. The van der Waals surface area contributed by atoms with Crippen LogP contribution in [0.5, 0.6) is 0 Å². The molecule has 2 N–H and O–H groups in total. The fourth-order valence-corrected chi connectivity index (χ4v) is 2.94. The van der Waals surface area contributed by atoms with Gasteiger partial charge >= 0.3 is 0 Å². The number of benzene rings is 1. The third-order valence-corrected chi connectivity index (χ3v) is 4.04. The molecule has 0 saturated carbocycles. The molecule has 2 nitrogen and oxygen atoms in total. The minimum Gasteiger partial charge on any atom is -0.327 e. The Labute approximate surface area is 109 Å². The second-order valence-corrected chi connectivity index (χ2v) is 5.78. The average Bonchev–Trinajstić information content (AvgIpc) is 2.36. The highest BCUT2D eigenvalue weighted by Crippen LogP contribution is 2.18. The topological polar surface area (TPSA) is 29.3 Å². The van der Waals surface area contributed by atoms with E-state index < -0.39 is 0 Å². The van der Waals surface area contributed by atoms with Crippen molar-refractivity contribution in [3.05, 3.63) is 35.4 Å². The molecule has 0 bridgehead atoms. The van der Waals surface area contributed by atoms with Crippen LogP contribution in [0.1, 0.15) is 17.5 Å². The van der Waals surface area contributed by atoms with E-state index >= 15 is 0 Å². The first-order chi connectivity index (χ1) is 8.29. The smallest absolute Gasteiger partial charge is 0.0237 e. The Morgan fingerprint density at radius 2 is 2.12 bits per heavy atom. The highest BCUT2D eigenvalue weighted by atomic mass is 32.2. The van der Waals surface area contributed by atoms with E-state index in [0.717, 1.165) is 26.1 Å². The SMILES string of the molecule is CSCC[C@@H](N)CN1CCc2ccccc2C1. The normalized spacial score (nSPS) is 17.8. The molecule has 0 radical (unpaired) electrons. The van der Waals surface area contributed by atoms with Crippen LogP contribution >= 0.6 is 11.8 Å². The zero-order chi connectivity index (χ0) is 12.1. The van der Waals surface area contributed by atoms with Crippen LogP contribution in [0, 0.1) is 0 Å². The predicted octanol–water partition coefficient (Wildman–Crippen LogP) is 2.13. The standard InChI is InChI=1S/C14H22N2S/c1-17-9-7-14(15)11-16-8-6-12-4-2-3-5-13(12)10-16/h2-5,14H,6-11,15H2,1H3/t14-/m1/s1. The third kappa shape index (κ3) is 3.73. The zero-order valence-electron chi connectivity index (χ0n) is 10.6. The molecule has 1 heterocycles. The quantitative estimate of drug-likeness (QED) is 0.868. The summed E-state index contributed by atoms with van der Waals surface area (Å²) in [6, 6.07) is 9.09. The fraction of sp³-hybridized carbons (Fsp3) is 0.571. The molecule has 1 aromatic rings. The van der Waals surface area contributed by atoms with Crippen LogP contribution in [0.3, 0.4) is 0 Å². The van der Waals surface area contributed by atoms with Crippen molar-refractivity contribution in [2.45, 2.75) is 25.4 Å². The van der Waals surface area contributed by atoms with E-state index in [0.29, 0.717) is 6.04 Å². The van der Waals surface area contributed by atoms with Gasteiger partial charge in [-0.3, -0.25) is 4.90 Å². The van der Waals surface area contributed by atoms with Gasteiger partial charge in [0.1, 0.15) is 0 Å². The van der Waals surface area contributed by atoms with Gasteiger partial charge in [-0.1, -0.05) is 24.3 Å². The molecule has 1 aliphatic rings. The maximum Gasteiger partial charge on any atom is 0.0237 e. The lowest BCUT2D eigenvalue weighted by Gasteiger charge is -2.30. The van der Waals surface area contributed by atoms with Crippen LogP contribution in [-0.2, 0) is 13.0 Å². The Hall–Kier alpha value is -0.510. The third-order valence-electron chi connectivity index (χ3n) is 3.40. The molecular weight excluding hydrogens is 228 g/mol. The molecule has 3 heteroatoms. The highest BCUT2D eigenvalue weighted by Gasteiger charge is 2.17. The van der Waals surface area contributed by atoms with Gasteiger partial charge in [-0.25, -0.2) is 0 Å². The summed E-state index contributed by atoms with van der Waals surface area (Å²) in [6.07, 6.45) is 4.44. The molecule has 17 heavy (non-hydrogen) atoms. The summed E-state index contributed by atoms with van der Waals surface area (Å²) in [7, 11) is 0. The number of nitrogens with two attached hydrogens (primary N) is 1. The summed E-state index contributed by atoms with van der Waals surface area (Å²) in [5.74, 6) is 1.17. The van der Waals surface area contributed by atoms with Crippen molar-refractivity contribution < 1.29 is 0 Å². The summed E-state index contributed by atoms with van der Waals surface area (Å²) < 4.78 is 0. The Morgan fingerprint density at radius 1 is 1.35 bits per heavy atom. The van der Waals surface area contributed by atoms with Crippen LogP contribution in [0.2, 0.25) is 0 Å². The molecular formula is C14H22N2S. The van der Waals surface area contributed by atoms with Gasteiger partial charge < -0.3 is 5.73 Å². The van der Waals surface area contributed by atoms with Crippen molar-refractivity contribution >= 4 is 11.8 Å². The molecule has 94 valence electrons. The molecule has 1 aromatic carbocycles. The van der Waals surface area contributed by atoms with Crippen LogP contribution in [0.25, 0.3) is 0 Å². The Morgan fingerprint density at radius 3 is 2.88 bits per heavy atom. The van der Waals surface area contributed by atoms with Crippen molar-refractivity contribution in [3.63, 3.8) is 0 Å². The number of nitrogens with zero attached hydrogens (tertiary/aromatic N) is 1. The van der Waals surface area contributed by atoms with E-state index in [1.165, 1.54) is 23.3 Å². The Bertz CT molecular complexity index is 354. The molecule has 0 fully saturated rings. The van der Waals surface area contributed by atoms with E-state index in [9.17, 15) is 0 Å². The first-order valence-electron chi connectivity index (χ1n) is 6.33. The van der Waals surface area contributed by atoms with Crippen molar-refractivity contribution in [3.8, 4) is 0 Å². The largest absolute Gasteiger partial charge is 0.327 e. The average molecular weight is 250 g/mol. The second-order valence-electron chi connectivity index (χ2n) is 4.80. The number of thioether (sulfide) groups is 1. The van der Waals surface area contributed by atoms with Gasteiger partial charge in [0, 0.05) is 25.7 Å². The lowest BCUT2D eigenvalue weighted by Crippen LogP contribution is -2.40. The van der Waals surface area contributed by atoms with Gasteiger partial charge in [0.05, 0.1) is 0 Å². The van der Waals surface area contributed by atoms with Crippen molar-refractivity contribution in [2.75, 3.05) is 25.1 Å². The fourth-order valence-electron chi connectivity index (χ4n) is 2.40. The molecule has 0 spiro atoms. The first-order valence-corrected chi connectivity index (χ1v) is 7.72. The van der Waals surface area contributed by atoms with Crippen LogP contribution in [-0.4, -0.2) is 36.0 Å². The van der Waals surface area contributed by atoms with Crippen molar-refractivity contribution in [2.24, 2.45) is 5.73 Å². The van der Waals surface area contributed by atoms with Crippen molar-refractivity contribution in [1.29, 1.82) is 0 Å². The molecule has 0 aliphatic carbocycles. The Balaban J connectivity index is 1.85. The van der Waals surface area contributed by atoms with Gasteiger partial charge in [-0.05, 0) is 36.0 Å². The molecule has 0 aromatic heterocycles. The van der Waals surface area contributed by atoms with Gasteiger partial charge in [0.15, 0.2) is 0 Å². The zero-order valence-corrected chi connectivity index (χ0v) is 11.4. The highest BCUT2D eigenvalue weighted by molar-refractivity contribution is 7.98. The van der Waals surface area contributed by atoms with E-state index in [1.807, 2.05) is 11.8 Å². The van der Waals surface area contributed by atoms with Gasteiger partial charge in [-0.2, -0.15) is 11.8 Å². The van der Waals surface area contributed by atoms with Crippen LogP contribution < -0.4 is 5.73 Å². The number of hydrogen-bond donors (Lipinski definition) is 1. The van der Waals surface area contributed by atoms with E-state index in [4.69, 9.17) is 5.73 Å². The van der Waals surface area contributed by atoms with E-state index in [-0.39, 0.29) is 0 Å².